The number of aryl methyl sites for hydroxylation is 2. The average molecular weight is 327 g/mol. The lowest BCUT2D eigenvalue weighted by Gasteiger charge is -2.16. The summed E-state index contributed by atoms with van der Waals surface area (Å²) in [5.41, 5.74) is -0.597. The summed E-state index contributed by atoms with van der Waals surface area (Å²) >= 11 is 6.39. The normalized spacial score (nSPS) is 13.2. The predicted octanol–water partition coefficient (Wildman–Crippen LogP) is 4.85. The van der Waals surface area contributed by atoms with E-state index in [9.17, 15) is 4.89 Å². The van der Waals surface area contributed by atoms with Gasteiger partial charge in [0.1, 0.15) is 5.75 Å². The van der Waals surface area contributed by atoms with Crippen LogP contribution in [0.1, 0.15) is 11.1 Å². The standard InChI is InChI=1S/C14H15O2PS2.H3N/c1-11-3-7-13(8-4-11)16-17(15,18)19-14-9-5-12(2)6-10-14;/h3-10H,1-2H3,(H,15,18);1H3. The van der Waals surface area contributed by atoms with Crippen molar-refractivity contribution in [3.8, 4) is 5.75 Å². The molecule has 2 aromatic rings. The number of hydrogen-bond donors (Lipinski definition) is 2. The van der Waals surface area contributed by atoms with Crippen LogP contribution < -0.4 is 10.7 Å². The van der Waals surface area contributed by atoms with Crippen LogP contribution in [-0.4, -0.2) is 4.89 Å². The molecular weight excluding hydrogens is 309 g/mol. The van der Waals surface area contributed by atoms with Crippen LogP contribution in [0.3, 0.4) is 0 Å². The molecule has 0 aliphatic rings. The molecule has 20 heavy (non-hydrogen) atoms. The lowest BCUT2D eigenvalue weighted by atomic mass is 10.2. The molecule has 0 aliphatic heterocycles. The van der Waals surface area contributed by atoms with E-state index in [1.807, 2.05) is 62.4 Å². The smallest absolute Gasteiger partial charge is 0.299 e. The molecule has 0 spiro atoms. The van der Waals surface area contributed by atoms with Crippen molar-refractivity contribution in [2.45, 2.75) is 18.7 Å². The minimum absolute atomic E-state index is 0. The van der Waals surface area contributed by atoms with Crippen molar-refractivity contribution in [2.24, 2.45) is 0 Å². The molecule has 1 unspecified atom stereocenters. The topological polar surface area (TPSA) is 64.5 Å². The molecule has 6 heteroatoms. The fourth-order valence-corrected chi connectivity index (χ4v) is 5.00. The minimum Gasteiger partial charge on any atom is -0.436 e. The fourth-order valence-electron chi connectivity index (χ4n) is 1.48. The van der Waals surface area contributed by atoms with Gasteiger partial charge >= 0.3 is 0 Å². The third-order valence-corrected chi connectivity index (χ3v) is 6.08. The maximum Gasteiger partial charge on any atom is 0.299 e. The van der Waals surface area contributed by atoms with Gasteiger partial charge in [-0.15, -0.1) is 0 Å². The molecule has 0 aromatic heterocycles. The van der Waals surface area contributed by atoms with Crippen LogP contribution in [0.15, 0.2) is 53.4 Å². The van der Waals surface area contributed by atoms with E-state index in [1.165, 1.54) is 16.9 Å². The van der Waals surface area contributed by atoms with Crippen molar-refractivity contribution < 1.29 is 9.42 Å². The van der Waals surface area contributed by atoms with Crippen LogP contribution in [0.25, 0.3) is 0 Å². The summed E-state index contributed by atoms with van der Waals surface area (Å²) in [6.45, 7) is 4.02. The minimum atomic E-state index is -2.92. The van der Waals surface area contributed by atoms with Crippen LogP contribution in [0.2, 0.25) is 0 Å². The van der Waals surface area contributed by atoms with E-state index in [2.05, 4.69) is 0 Å². The van der Waals surface area contributed by atoms with Gasteiger partial charge in [-0.1, -0.05) is 35.4 Å². The summed E-state index contributed by atoms with van der Waals surface area (Å²) < 4.78 is 5.54. The second kappa shape index (κ2) is 7.25. The van der Waals surface area contributed by atoms with Gasteiger partial charge in [0.15, 0.2) is 0 Å². The molecule has 0 aliphatic carbocycles. The van der Waals surface area contributed by atoms with Crippen LogP contribution in [-0.2, 0) is 11.8 Å². The summed E-state index contributed by atoms with van der Waals surface area (Å²) in [4.78, 5) is 11.1. The van der Waals surface area contributed by atoms with Crippen molar-refractivity contribution in [1.82, 2.24) is 6.15 Å². The quantitative estimate of drug-likeness (QED) is 0.786. The van der Waals surface area contributed by atoms with Crippen molar-refractivity contribution in [2.75, 3.05) is 0 Å². The van der Waals surface area contributed by atoms with E-state index in [0.29, 0.717) is 5.75 Å². The third kappa shape index (κ3) is 5.27. The van der Waals surface area contributed by atoms with Gasteiger partial charge in [-0.3, -0.25) is 0 Å². The van der Waals surface area contributed by atoms with E-state index in [0.717, 1.165) is 10.5 Å². The first-order valence-electron chi connectivity index (χ1n) is 5.80. The Morgan fingerprint density at radius 1 is 0.950 bits per heavy atom. The van der Waals surface area contributed by atoms with E-state index in [-0.39, 0.29) is 6.15 Å². The van der Waals surface area contributed by atoms with Crippen LogP contribution in [0, 0.1) is 13.8 Å². The molecule has 1 atom stereocenters. The van der Waals surface area contributed by atoms with Gasteiger partial charge < -0.3 is 15.6 Å². The highest BCUT2D eigenvalue weighted by Crippen LogP contribution is 2.59. The Labute approximate surface area is 128 Å². The Morgan fingerprint density at radius 3 is 1.90 bits per heavy atom. The molecule has 0 radical (unpaired) electrons. The first-order chi connectivity index (χ1) is 8.94. The highest BCUT2D eigenvalue weighted by Gasteiger charge is 2.17. The van der Waals surface area contributed by atoms with Crippen LogP contribution in [0.4, 0.5) is 0 Å². The van der Waals surface area contributed by atoms with Gasteiger partial charge in [0, 0.05) is 4.90 Å². The Bertz CT molecular complexity index is 548. The summed E-state index contributed by atoms with van der Waals surface area (Å²) in [5.74, 6) is 0.607. The SMILES string of the molecule is Cc1ccc(OP(O)(=S)Sc2ccc(C)cc2)cc1.N. The second-order valence-corrected chi connectivity index (χ2v) is 10.3. The Hall–Kier alpha value is -0.840. The molecule has 108 valence electrons. The first kappa shape index (κ1) is 17.2. The van der Waals surface area contributed by atoms with Crippen molar-refractivity contribution in [1.29, 1.82) is 0 Å². The summed E-state index contributed by atoms with van der Waals surface area (Å²) in [7, 11) is 0. The molecule has 0 heterocycles. The van der Waals surface area contributed by atoms with E-state index in [4.69, 9.17) is 16.3 Å². The zero-order valence-electron chi connectivity index (χ0n) is 11.4. The molecule has 0 saturated carbocycles. The molecule has 0 saturated heterocycles. The number of hydrogen-bond acceptors (Lipinski definition) is 4. The van der Waals surface area contributed by atoms with Crippen molar-refractivity contribution in [3.63, 3.8) is 0 Å². The molecule has 2 rings (SSSR count). The molecule has 3 nitrogen and oxygen atoms in total. The molecular formula is C14H18NO2PS2. The highest BCUT2D eigenvalue weighted by atomic mass is 32.9. The Kier molecular flexibility index (Phi) is 6.24. The average Bonchev–Trinajstić information content (AvgIpc) is 2.34. The monoisotopic (exact) mass is 327 g/mol. The number of benzene rings is 2. The zero-order chi connectivity index (χ0) is 13.9. The second-order valence-electron chi connectivity index (χ2n) is 4.28. The maximum absolute atomic E-state index is 10.2. The van der Waals surface area contributed by atoms with Gasteiger partial charge in [0.2, 0.25) is 0 Å². The van der Waals surface area contributed by atoms with Crippen LogP contribution in [0.5, 0.6) is 5.75 Å². The van der Waals surface area contributed by atoms with E-state index in [1.54, 1.807) is 0 Å². The lowest BCUT2D eigenvalue weighted by molar-refractivity contribution is 0.504. The van der Waals surface area contributed by atoms with E-state index < -0.39 is 5.69 Å². The van der Waals surface area contributed by atoms with Crippen molar-refractivity contribution in [3.05, 3.63) is 59.7 Å². The molecule has 4 N–H and O–H groups in total. The van der Waals surface area contributed by atoms with Gasteiger partial charge in [0.25, 0.3) is 5.69 Å². The van der Waals surface area contributed by atoms with E-state index >= 15 is 0 Å². The number of rotatable bonds is 4. The fraction of sp³-hybridized carbons (Fsp3) is 0.143. The molecule has 0 bridgehead atoms. The lowest BCUT2D eigenvalue weighted by Crippen LogP contribution is -1.88. The van der Waals surface area contributed by atoms with Crippen LogP contribution >= 0.6 is 17.1 Å². The van der Waals surface area contributed by atoms with Gasteiger partial charge in [0.05, 0.1) is 0 Å². The summed E-state index contributed by atoms with van der Waals surface area (Å²) in [6.07, 6.45) is 0. The summed E-state index contributed by atoms with van der Waals surface area (Å²) in [5, 5.41) is 0. The van der Waals surface area contributed by atoms with Gasteiger partial charge in [-0.05, 0) is 61.3 Å². The molecule has 2 aromatic carbocycles. The predicted molar refractivity (Wildman–Crippen MR) is 90.4 cm³/mol. The first-order valence-corrected chi connectivity index (χ1v) is 9.89. The Balaban J connectivity index is 0.00000200. The van der Waals surface area contributed by atoms with Gasteiger partial charge in [-0.25, -0.2) is 0 Å². The third-order valence-electron chi connectivity index (χ3n) is 2.48. The maximum atomic E-state index is 10.2. The molecule has 0 fully saturated rings. The molecule has 0 amide bonds. The zero-order valence-corrected chi connectivity index (χ0v) is 14.0. The largest absolute Gasteiger partial charge is 0.436 e. The highest BCUT2D eigenvalue weighted by molar-refractivity contribution is 8.67. The van der Waals surface area contributed by atoms with Gasteiger partial charge in [-0.2, -0.15) is 0 Å². The Morgan fingerprint density at radius 2 is 1.40 bits per heavy atom. The van der Waals surface area contributed by atoms with Crippen molar-refractivity contribution >= 4 is 28.9 Å². The summed E-state index contributed by atoms with van der Waals surface area (Å²) in [6, 6.07) is 15.4.